The second-order valence-corrected chi connectivity index (χ2v) is 5.02. The minimum Gasteiger partial charge on any atom is -0.299 e. The predicted molar refractivity (Wildman–Crippen MR) is 70.7 cm³/mol. The lowest BCUT2D eigenvalue weighted by molar-refractivity contribution is -0.117. The van der Waals surface area contributed by atoms with Crippen molar-refractivity contribution in [3.05, 3.63) is 63.9 Å². The van der Waals surface area contributed by atoms with Gasteiger partial charge in [0.15, 0.2) is 11.6 Å². The fourth-order valence-corrected chi connectivity index (χ4v) is 1.89. The lowest BCUT2D eigenvalue weighted by Crippen LogP contribution is -2.08. The van der Waals surface area contributed by atoms with Crippen LogP contribution >= 0.6 is 15.9 Å². The summed E-state index contributed by atoms with van der Waals surface area (Å²) < 4.78 is 26.6. The van der Waals surface area contributed by atoms with Gasteiger partial charge >= 0.3 is 0 Å². The van der Waals surface area contributed by atoms with Crippen molar-refractivity contribution < 1.29 is 13.6 Å². The van der Waals surface area contributed by atoms with Gasteiger partial charge in [0.25, 0.3) is 0 Å². The number of halogens is 3. The van der Waals surface area contributed by atoms with Crippen molar-refractivity contribution in [2.24, 2.45) is 0 Å². The second-order valence-electron chi connectivity index (χ2n) is 4.11. The first-order valence-corrected chi connectivity index (χ1v) is 6.40. The first-order chi connectivity index (χ1) is 9.04. The van der Waals surface area contributed by atoms with Crippen LogP contribution in [0.4, 0.5) is 8.78 Å². The van der Waals surface area contributed by atoms with Gasteiger partial charge < -0.3 is 0 Å². The predicted octanol–water partition coefficient (Wildman–Crippen LogP) is 3.48. The Morgan fingerprint density at radius 2 is 1.89 bits per heavy atom. The van der Waals surface area contributed by atoms with E-state index in [4.69, 9.17) is 0 Å². The van der Waals surface area contributed by atoms with E-state index < -0.39 is 11.6 Å². The highest BCUT2D eigenvalue weighted by molar-refractivity contribution is 9.10. The van der Waals surface area contributed by atoms with Crippen molar-refractivity contribution in [1.82, 2.24) is 4.98 Å². The summed E-state index contributed by atoms with van der Waals surface area (Å²) in [6, 6.07) is 7.02. The molecule has 0 radical (unpaired) electrons. The van der Waals surface area contributed by atoms with E-state index in [1.165, 1.54) is 6.07 Å². The van der Waals surface area contributed by atoms with Crippen molar-refractivity contribution in [2.45, 2.75) is 12.8 Å². The van der Waals surface area contributed by atoms with E-state index in [1.54, 1.807) is 18.3 Å². The molecule has 1 heterocycles. The Bertz CT molecular complexity index is 599. The van der Waals surface area contributed by atoms with Crippen molar-refractivity contribution in [3.8, 4) is 0 Å². The molecule has 0 atom stereocenters. The Labute approximate surface area is 117 Å². The van der Waals surface area contributed by atoms with E-state index in [0.717, 1.165) is 16.6 Å². The lowest BCUT2D eigenvalue weighted by Gasteiger charge is -2.02. The molecule has 2 rings (SSSR count). The van der Waals surface area contributed by atoms with Crippen LogP contribution in [0.5, 0.6) is 0 Å². The van der Waals surface area contributed by atoms with Crippen LogP contribution in [-0.4, -0.2) is 10.8 Å². The number of pyridine rings is 1. The zero-order chi connectivity index (χ0) is 13.8. The molecule has 2 nitrogen and oxygen atoms in total. The van der Waals surface area contributed by atoms with Crippen LogP contribution in [0.25, 0.3) is 0 Å². The SMILES string of the molecule is O=C(Cc1ccc(F)c(F)c1)Cc1ccc(Br)cn1. The average molecular weight is 326 g/mol. The summed E-state index contributed by atoms with van der Waals surface area (Å²) in [7, 11) is 0. The summed E-state index contributed by atoms with van der Waals surface area (Å²) in [5.41, 5.74) is 1.11. The first kappa shape index (κ1) is 13.8. The molecule has 0 bridgehead atoms. The molecule has 2 aromatic rings. The lowest BCUT2D eigenvalue weighted by atomic mass is 10.1. The van der Waals surface area contributed by atoms with Crippen molar-refractivity contribution in [3.63, 3.8) is 0 Å². The summed E-state index contributed by atoms with van der Waals surface area (Å²) in [6.45, 7) is 0. The molecular formula is C14H10BrF2NO. The van der Waals surface area contributed by atoms with Gasteiger partial charge in [-0.1, -0.05) is 6.07 Å². The Balaban J connectivity index is 2.01. The summed E-state index contributed by atoms with van der Waals surface area (Å²) in [5, 5.41) is 0. The third kappa shape index (κ3) is 3.92. The van der Waals surface area contributed by atoms with Crippen LogP contribution in [0.15, 0.2) is 41.0 Å². The van der Waals surface area contributed by atoms with Crippen LogP contribution in [0.2, 0.25) is 0 Å². The maximum Gasteiger partial charge on any atom is 0.159 e. The molecule has 0 aliphatic rings. The van der Waals surface area contributed by atoms with Gasteiger partial charge in [-0.15, -0.1) is 0 Å². The molecular weight excluding hydrogens is 316 g/mol. The molecule has 0 N–H and O–H groups in total. The van der Waals surface area contributed by atoms with Crippen LogP contribution < -0.4 is 0 Å². The zero-order valence-corrected chi connectivity index (χ0v) is 11.5. The quantitative estimate of drug-likeness (QED) is 0.861. The topological polar surface area (TPSA) is 30.0 Å². The van der Waals surface area contributed by atoms with E-state index in [1.807, 2.05) is 0 Å². The minimum atomic E-state index is -0.938. The smallest absolute Gasteiger partial charge is 0.159 e. The fraction of sp³-hybridized carbons (Fsp3) is 0.143. The van der Waals surface area contributed by atoms with E-state index in [9.17, 15) is 13.6 Å². The number of hydrogen-bond donors (Lipinski definition) is 0. The first-order valence-electron chi connectivity index (χ1n) is 5.60. The maximum absolute atomic E-state index is 13.0. The molecule has 0 fully saturated rings. The van der Waals surface area contributed by atoms with Crippen LogP contribution in [0.3, 0.4) is 0 Å². The Hall–Kier alpha value is -1.62. The minimum absolute atomic E-state index is 0.0644. The number of rotatable bonds is 4. The molecule has 0 amide bonds. The number of carbonyl (C=O) groups is 1. The van der Waals surface area contributed by atoms with Crippen molar-refractivity contribution >= 4 is 21.7 Å². The molecule has 19 heavy (non-hydrogen) atoms. The summed E-state index contributed by atoms with van der Waals surface area (Å²) in [5.74, 6) is -1.95. The Morgan fingerprint density at radius 3 is 2.53 bits per heavy atom. The third-order valence-electron chi connectivity index (χ3n) is 2.55. The number of hydrogen-bond acceptors (Lipinski definition) is 2. The average Bonchev–Trinajstić information content (AvgIpc) is 2.37. The maximum atomic E-state index is 13.0. The number of nitrogens with zero attached hydrogens (tertiary/aromatic N) is 1. The van der Waals surface area contributed by atoms with Gasteiger partial charge in [-0.05, 0) is 45.8 Å². The molecule has 1 aromatic heterocycles. The highest BCUT2D eigenvalue weighted by atomic mass is 79.9. The number of Topliss-reactive ketones (excluding diaryl/α,β-unsaturated/α-hetero) is 1. The number of aromatic nitrogens is 1. The largest absolute Gasteiger partial charge is 0.299 e. The number of benzene rings is 1. The van der Waals surface area contributed by atoms with Gasteiger partial charge in [0.1, 0.15) is 5.78 Å². The van der Waals surface area contributed by atoms with Gasteiger partial charge in [-0.2, -0.15) is 0 Å². The highest BCUT2D eigenvalue weighted by Crippen LogP contribution is 2.11. The molecule has 0 unspecified atom stereocenters. The van der Waals surface area contributed by atoms with Gasteiger partial charge in [0, 0.05) is 29.2 Å². The van der Waals surface area contributed by atoms with Gasteiger partial charge in [0.05, 0.1) is 0 Å². The van der Waals surface area contributed by atoms with Crippen molar-refractivity contribution in [1.29, 1.82) is 0 Å². The molecule has 98 valence electrons. The second kappa shape index (κ2) is 6.02. The Kier molecular flexibility index (Phi) is 4.37. The molecule has 0 spiro atoms. The molecule has 0 aliphatic carbocycles. The Morgan fingerprint density at radius 1 is 1.11 bits per heavy atom. The zero-order valence-electron chi connectivity index (χ0n) is 9.87. The van der Waals surface area contributed by atoms with Crippen LogP contribution in [-0.2, 0) is 17.6 Å². The van der Waals surface area contributed by atoms with Gasteiger partial charge in [0.2, 0.25) is 0 Å². The highest BCUT2D eigenvalue weighted by Gasteiger charge is 2.09. The van der Waals surface area contributed by atoms with E-state index in [2.05, 4.69) is 20.9 Å². The summed E-state index contributed by atoms with van der Waals surface area (Å²) in [4.78, 5) is 15.9. The van der Waals surface area contributed by atoms with Gasteiger partial charge in [-0.25, -0.2) is 8.78 Å². The number of carbonyl (C=O) groups excluding carboxylic acids is 1. The molecule has 0 aliphatic heterocycles. The van der Waals surface area contributed by atoms with Gasteiger partial charge in [-0.3, -0.25) is 9.78 Å². The molecule has 1 aromatic carbocycles. The van der Waals surface area contributed by atoms with Crippen LogP contribution in [0, 0.1) is 11.6 Å². The summed E-state index contributed by atoms with van der Waals surface area (Å²) in [6.07, 6.45) is 1.85. The molecule has 0 saturated heterocycles. The fourth-order valence-electron chi connectivity index (χ4n) is 1.65. The van der Waals surface area contributed by atoms with E-state index in [0.29, 0.717) is 11.3 Å². The van der Waals surface area contributed by atoms with Crippen molar-refractivity contribution in [2.75, 3.05) is 0 Å². The van der Waals surface area contributed by atoms with E-state index >= 15 is 0 Å². The van der Waals surface area contributed by atoms with Crippen LogP contribution in [0.1, 0.15) is 11.3 Å². The monoisotopic (exact) mass is 325 g/mol. The number of ketones is 1. The molecule has 5 heteroatoms. The normalized spacial score (nSPS) is 10.5. The van der Waals surface area contributed by atoms with E-state index in [-0.39, 0.29) is 18.6 Å². The standard InChI is InChI=1S/C14H10BrF2NO/c15-10-2-3-11(18-8-10)7-12(19)5-9-1-4-13(16)14(17)6-9/h1-4,6,8H,5,7H2. The third-order valence-corrected chi connectivity index (χ3v) is 3.02. The molecule has 0 saturated carbocycles. The summed E-state index contributed by atoms with van der Waals surface area (Å²) >= 11 is 3.26.